The van der Waals surface area contributed by atoms with Gasteiger partial charge in [0.05, 0.1) is 6.54 Å². The number of rotatable bonds is 6. The van der Waals surface area contributed by atoms with Gasteiger partial charge in [-0.3, -0.25) is 9.48 Å². The molecule has 1 heterocycles. The van der Waals surface area contributed by atoms with Crippen LogP contribution in [0.5, 0.6) is 0 Å². The first kappa shape index (κ1) is 21.7. The van der Waals surface area contributed by atoms with Crippen molar-refractivity contribution >= 4 is 35.8 Å². The van der Waals surface area contributed by atoms with Gasteiger partial charge < -0.3 is 15.5 Å². The van der Waals surface area contributed by atoms with Crippen LogP contribution in [0.1, 0.15) is 37.9 Å². The van der Waals surface area contributed by atoms with Crippen LogP contribution in [0, 0.1) is 5.92 Å². The second-order valence-corrected chi connectivity index (χ2v) is 6.49. The van der Waals surface area contributed by atoms with Gasteiger partial charge in [-0.05, 0) is 18.8 Å². The van der Waals surface area contributed by atoms with E-state index in [1.165, 1.54) is 38.4 Å². The number of nitrogens with one attached hydrogen (secondary N) is 2. The monoisotopic (exact) mass is 463 g/mol. The van der Waals surface area contributed by atoms with Crippen LogP contribution in [-0.2, 0) is 18.4 Å². The average molecular weight is 463 g/mol. The molecule has 1 aromatic heterocycles. The molecule has 0 aliphatic heterocycles. The summed E-state index contributed by atoms with van der Waals surface area (Å²) in [6.45, 7) is 1.54. The normalized spacial score (nSPS) is 15.4. The van der Waals surface area contributed by atoms with E-state index < -0.39 is 0 Å². The fourth-order valence-electron chi connectivity index (χ4n) is 2.74. The molecule has 25 heavy (non-hydrogen) atoms. The largest absolute Gasteiger partial charge is 0.356 e. The summed E-state index contributed by atoms with van der Waals surface area (Å²) in [6.07, 6.45) is 8.01. The van der Waals surface area contributed by atoms with Crippen molar-refractivity contribution in [2.24, 2.45) is 18.0 Å². The van der Waals surface area contributed by atoms with E-state index in [9.17, 15) is 4.79 Å². The van der Waals surface area contributed by atoms with Crippen molar-refractivity contribution in [2.45, 2.75) is 38.6 Å². The van der Waals surface area contributed by atoms with Crippen molar-refractivity contribution in [1.82, 2.24) is 30.3 Å². The maximum atomic E-state index is 11.8. The molecule has 0 unspecified atom stereocenters. The van der Waals surface area contributed by atoms with Gasteiger partial charge in [-0.15, -0.1) is 24.0 Å². The van der Waals surface area contributed by atoms with Gasteiger partial charge in [0.15, 0.2) is 5.96 Å². The van der Waals surface area contributed by atoms with E-state index in [2.05, 4.69) is 25.7 Å². The number of carbonyl (C=O) groups excluding carboxylic acids is 1. The molecule has 2 rings (SSSR count). The molecular formula is C16H30IN7O. The fourth-order valence-corrected chi connectivity index (χ4v) is 2.74. The lowest BCUT2D eigenvalue weighted by atomic mass is 9.89. The SMILES string of the molecule is CN(C)C(=O)CNC(=NCc1ncnn1C)NCC1CCCCC1.I. The molecule has 0 bridgehead atoms. The summed E-state index contributed by atoms with van der Waals surface area (Å²) in [5, 5.41) is 10.5. The highest BCUT2D eigenvalue weighted by Gasteiger charge is 2.14. The Labute approximate surface area is 166 Å². The zero-order chi connectivity index (χ0) is 17.4. The number of aryl methyl sites for hydroxylation is 1. The van der Waals surface area contributed by atoms with E-state index in [4.69, 9.17) is 0 Å². The number of carbonyl (C=O) groups is 1. The average Bonchev–Trinajstić information content (AvgIpc) is 2.99. The van der Waals surface area contributed by atoms with Crippen LogP contribution in [0.2, 0.25) is 0 Å². The third-order valence-corrected chi connectivity index (χ3v) is 4.37. The molecule has 0 aromatic carbocycles. The molecule has 1 fully saturated rings. The van der Waals surface area contributed by atoms with Crippen molar-refractivity contribution in [2.75, 3.05) is 27.2 Å². The third-order valence-electron chi connectivity index (χ3n) is 4.37. The number of aliphatic imine (C=N–C) groups is 1. The summed E-state index contributed by atoms with van der Waals surface area (Å²) in [5.41, 5.74) is 0. The summed E-state index contributed by atoms with van der Waals surface area (Å²) in [5.74, 6) is 2.14. The minimum atomic E-state index is 0. The topological polar surface area (TPSA) is 87.4 Å². The van der Waals surface area contributed by atoms with Gasteiger partial charge in [-0.1, -0.05) is 19.3 Å². The second-order valence-electron chi connectivity index (χ2n) is 6.49. The third kappa shape index (κ3) is 7.57. The molecule has 0 atom stereocenters. The van der Waals surface area contributed by atoms with Crippen molar-refractivity contribution in [3.8, 4) is 0 Å². The van der Waals surface area contributed by atoms with Gasteiger partial charge in [0.2, 0.25) is 5.91 Å². The van der Waals surface area contributed by atoms with E-state index in [1.54, 1.807) is 23.7 Å². The zero-order valence-electron chi connectivity index (χ0n) is 15.4. The molecule has 9 heteroatoms. The maximum Gasteiger partial charge on any atom is 0.241 e. The van der Waals surface area contributed by atoms with E-state index >= 15 is 0 Å². The van der Waals surface area contributed by atoms with E-state index in [-0.39, 0.29) is 36.4 Å². The molecule has 0 spiro atoms. The highest BCUT2D eigenvalue weighted by molar-refractivity contribution is 14.0. The Bertz CT molecular complexity index is 552. The smallest absolute Gasteiger partial charge is 0.241 e. The second kappa shape index (κ2) is 11.3. The first-order valence-corrected chi connectivity index (χ1v) is 8.61. The molecule has 2 N–H and O–H groups in total. The van der Waals surface area contributed by atoms with Crippen LogP contribution in [0.15, 0.2) is 11.3 Å². The van der Waals surface area contributed by atoms with Crippen LogP contribution in [0.4, 0.5) is 0 Å². The summed E-state index contributed by atoms with van der Waals surface area (Å²) >= 11 is 0. The molecule has 1 aliphatic carbocycles. The molecule has 1 amide bonds. The lowest BCUT2D eigenvalue weighted by molar-refractivity contribution is -0.127. The Morgan fingerprint density at radius 1 is 1.32 bits per heavy atom. The van der Waals surface area contributed by atoms with Crippen LogP contribution in [-0.4, -0.2) is 58.7 Å². The quantitative estimate of drug-likeness (QED) is 0.376. The number of hydrogen-bond acceptors (Lipinski definition) is 4. The number of aromatic nitrogens is 3. The lowest BCUT2D eigenvalue weighted by Crippen LogP contribution is -2.44. The van der Waals surface area contributed by atoms with Crippen LogP contribution in [0.3, 0.4) is 0 Å². The van der Waals surface area contributed by atoms with Crippen molar-refractivity contribution in [1.29, 1.82) is 0 Å². The summed E-state index contributed by atoms with van der Waals surface area (Å²) in [6, 6.07) is 0. The standard InChI is InChI=1S/C16H29N7O.HI/c1-22(2)15(24)11-19-16(17-9-13-7-5-4-6-8-13)18-10-14-20-12-21-23(14)3;/h12-13H,4-11H2,1-3H3,(H2,17,18,19);1H. The van der Waals surface area contributed by atoms with Gasteiger partial charge in [0, 0.05) is 27.7 Å². The summed E-state index contributed by atoms with van der Waals surface area (Å²) < 4.78 is 1.70. The number of likely N-dealkylation sites (N-methyl/N-ethyl adjacent to an activating group) is 1. The Kier molecular flexibility index (Phi) is 9.76. The highest BCUT2D eigenvalue weighted by Crippen LogP contribution is 2.22. The van der Waals surface area contributed by atoms with Gasteiger partial charge in [-0.2, -0.15) is 5.10 Å². The first-order chi connectivity index (χ1) is 11.6. The molecule has 1 aromatic rings. The number of guanidine groups is 1. The fraction of sp³-hybridized carbons (Fsp3) is 0.750. The summed E-state index contributed by atoms with van der Waals surface area (Å²) in [7, 11) is 5.33. The van der Waals surface area contributed by atoms with Crippen LogP contribution in [0.25, 0.3) is 0 Å². The number of nitrogens with zero attached hydrogens (tertiary/aromatic N) is 5. The molecule has 1 aliphatic rings. The van der Waals surface area contributed by atoms with Gasteiger partial charge in [-0.25, -0.2) is 9.98 Å². The molecule has 1 saturated carbocycles. The van der Waals surface area contributed by atoms with Gasteiger partial charge >= 0.3 is 0 Å². The predicted octanol–water partition coefficient (Wildman–Crippen LogP) is 1.14. The summed E-state index contributed by atoms with van der Waals surface area (Å²) in [4.78, 5) is 22.1. The highest BCUT2D eigenvalue weighted by atomic mass is 127. The van der Waals surface area contributed by atoms with Gasteiger partial charge in [0.1, 0.15) is 18.7 Å². The zero-order valence-corrected chi connectivity index (χ0v) is 17.7. The Balaban J connectivity index is 0.00000312. The molecule has 8 nitrogen and oxygen atoms in total. The molecule has 142 valence electrons. The van der Waals surface area contributed by atoms with Crippen molar-refractivity contribution < 1.29 is 4.79 Å². The number of halogens is 1. The van der Waals surface area contributed by atoms with Crippen LogP contribution >= 0.6 is 24.0 Å². The van der Waals surface area contributed by atoms with Crippen molar-refractivity contribution in [3.63, 3.8) is 0 Å². The Morgan fingerprint density at radius 2 is 2.04 bits per heavy atom. The van der Waals surface area contributed by atoms with E-state index in [0.717, 1.165) is 12.4 Å². The van der Waals surface area contributed by atoms with E-state index in [1.807, 2.05) is 7.05 Å². The van der Waals surface area contributed by atoms with Gasteiger partial charge in [0.25, 0.3) is 0 Å². The van der Waals surface area contributed by atoms with E-state index in [0.29, 0.717) is 18.4 Å². The molecule has 0 radical (unpaired) electrons. The lowest BCUT2D eigenvalue weighted by Gasteiger charge is -2.23. The minimum Gasteiger partial charge on any atom is -0.356 e. The molecular weight excluding hydrogens is 433 g/mol. The maximum absolute atomic E-state index is 11.8. The Hall–Kier alpha value is -1.39. The predicted molar refractivity (Wildman–Crippen MR) is 109 cm³/mol. The first-order valence-electron chi connectivity index (χ1n) is 8.61. The molecule has 0 saturated heterocycles. The Morgan fingerprint density at radius 3 is 2.64 bits per heavy atom. The minimum absolute atomic E-state index is 0. The number of hydrogen-bond donors (Lipinski definition) is 2. The van der Waals surface area contributed by atoms with Crippen LogP contribution < -0.4 is 10.6 Å². The number of amides is 1. The van der Waals surface area contributed by atoms with Crippen molar-refractivity contribution in [3.05, 3.63) is 12.2 Å².